The van der Waals surface area contributed by atoms with Crippen LogP contribution in [0.1, 0.15) is 61.5 Å². The van der Waals surface area contributed by atoms with Crippen LogP contribution in [0.2, 0.25) is 5.02 Å². The molecule has 5 heteroatoms. The molecule has 1 aliphatic heterocycles. The van der Waals surface area contributed by atoms with Gasteiger partial charge in [0.2, 0.25) is 0 Å². The number of terminal acetylenes is 1. The highest BCUT2D eigenvalue weighted by Gasteiger charge is 2.30. The molecule has 1 saturated heterocycles. The summed E-state index contributed by atoms with van der Waals surface area (Å²) < 4.78 is 0. The van der Waals surface area contributed by atoms with Gasteiger partial charge in [-0.15, -0.1) is 12.3 Å². The maximum absolute atomic E-state index is 12.8. The Kier molecular flexibility index (Phi) is 10.3. The molecule has 2 aromatic carbocycles. The molecule has 0 spiro atoms. The van der Waals surface area contributed by atoms with Gasteiger partial charge >= 0.3 is 0 Å². The van der Waals surface area contributed by atoms with E-state index in [2.05, 4.69) is 28.6 Å². The topological polar surface area (TPSA) is 52.6 Å². The molecule has 37 heavy (non-hydrogen) atoms. The van der Waals surface area contributed by atoms with Crippen LogP contribution in [-0.2, 0) is 6.54 Å². The molecule has 0 aromatic heterocycles. The maximum Gasteiger partial charge on any atom is 0.255 e. The Bertz CT molecular complexity index is 1170. The molecule has 1 amide bonds. The molecule has 4 nitrogen and oxygen atoms in total. The predicted molar refractivity (Wildman–Crippen MR) is 154 cm³/mol. The SMILES string of the molecule is C#CC.CC(C)(O)C1CCN(Cc2ccc(C(=O)NC3=CC=C(c4ccc(Cl)cc4)CC=C3)cc2)CC1. The highest BCUT2D eigenvalue weighted by Crippen LogP contribution is 2.28. The van der Waals surface area contributed by atoms with E-state index in [4.69, 9.17) is 11.6 Å². The van der Waals surface area contributed by atoms with Crippen molar-refractivity contribution in [1.29, 1.82) is 0 Å². The number of carbonyl (C=O) groups excluding carboxylic acids is 1. The summed E-state index contributed by atoms with van der Waals surface area (Å²) in [6, 6.07) is 15.7. The van der Waals surface area contributed by atoms with Crippen LogP contribution in [0.4, 0.5) is 0 Å². The number of hydrogen-bond acceptors (Lipinski definition) is 3. The van der Waals surface area contributed by atoms with E-state index in [1.807, 2.05) is 80.6 Å². The van der Waals surface area contributed by atoms with Crippen LogP contribution < -0.4 is 5.32 Å². The van der Waals surface area contributed by atoms with Crippen LogP contribution in [0.25, 0.3) is 5.57 Å². The van der Waals surface area contributed by atoms with Crippen LogP contribution in [-0.4, -0.2) is 34.6 Å². The number of rotatable bonds is 6. The van der Waals surface area contributed by atoms with Crippen molar-refractivity contribution < 1.29 is 9.90 Å². The third-order valence-electron chi connectivity index (χ3n) is 6.78. The zero-order valence-corrected chi connectivity index (χ0v) is 22.8. The standard InChI is InChI=1S/C29H33ClN2O2.C3H4/c1-29(2,34)25-16-18-32(19-17-25)20-21-6-8-24(9-7-21)28(33)31-27-5-3-4-22(12-15-27)23-10-13-26(30)14-11-23;1-3-2/h3,5-15,25,34H,4,16-20H2,1-2H3,(H,31,33);1H,2H3. The number of nitrogens with one attached hydrogen (secondary N) is 1. The second-order valence-corrected chi connectivity index (χ2v) is 10.5. The summed E-state index contributed by atoms with van der Waals surface area (Å²) >= 11 is 6.00. The Balaban J connectivity index is 0.00000121. The van der Waals surface area contributed by atoms with Crippen molar-refractivity contribution in [3.63, 3.8) is 0 Å². The predicted octanol–water partition coefficient (Wildman–Crippen LogP) is 6.62. The highest BCUT2D eigenvalue weighted by molar-refractivity contribution is 6.30. The molecule has 1 heterocycles. The van der Waals surface area contributed by atoms with E-state index >= 15 is 0 Å². The summed E-state index contributed by atoms with van der Waals surface area (Å²) in [6.07, 6.45) is 15.4. The highest BCUT2D eigenvalue weighted by atomic mass is 35.5. The molecule has 0 atom stereocenters. The number of likely N-dealkylation sites (tertiary alicyclic amines) is 1. The third-order valence-corrected chi connectivity index (χ3v) is 7.03. The molecule has 4 rings (SSSR count). The lowest BCUT2D eigenvalue weighted by Crippen LogP contribution is -2.41. The Hall–Kier alpha value is -3.10. The van der Waals surface area contributed by atoms with Crippen molar-refractivity contribution in [3.8, 4) is 12.3 Å². The number of aliphatic hydroxyl groups is 1. The van der Waals surface area contributed by atoms with Crippen molar-refractivity contribution in [2.24, 2.45) is 5.92 Å². The van der Waals surface area contributed by atoms with Gasteiger partial charge in [-0.2, -0.15) is 0 Å². The van der Waals surface area contributed by atoms with Gasteiger partial charge in [0.15, 0.2) is 0 Å². The average molecular weight is 517 g/mol. The number of nitrogens with zero attached hydrogens (tertiary/aromatic N) is 1. The van der Waals surface area contributed by atoms with E-state index in [0.29, 0.717) is 11.5 Å². The molecular formula is C32H37ClN2O2. The minimum absolute atomic E-state index is 0.114. The fourth-order valence-corrected chi connectivity index (χ4v) is 4.73. The first-order valence-electron chi connectivity index (χ1n) is 12.8. The third kappa shape index (κ3) is 8.76. The quantitative estimate of drug-likeness (QED) is 0.424. The normalized spacial score (nSPS) is 16.4. The Morgan fingerprint density at radius 1 is 1.11 bits per heavy atom. The first kappa shape index (κ1) is 28.5. The van der Waals surface area contributed by atoms with Crippen LogP contribution in [0.5, 0.6) is 0 Å². The van der Waals surface area contributed by atoms with E-state index in [1.54, 1.807) is 6.92 Å². The molecule has 0 unspecified atom stereocenters. The van der Waals surface area contributed by atoms with Gasteiger partial charge in [-0.05, 0) is 112 Å². The molecule has 0 bridgehead atoms. The van der Waals surface area contributed by atoms with Crippen molar-refractivity contribution in [2.75, 3.05) is 13.1 Å². The van der Waals surface area contributed by atoms with E-state index in [9.17, 15) is 9.90 Å². The molecule has 2 aromatic rings. The molecule has 1 fully saturated rings. The maximum atomic E-state index is 12.8. The average Bonchev–Trinajstić information content (AvgIpc) is 3.11. The summed E-state index contributed by atoms with van der Waals surface area (Å²) in [6.45, 7) is 8.32. The first-order chi connectivity index (χ1) is 17.7. The number of piperidine rings is 1. The number of amides is 1. The van der Waals surface area contributed by atoms with Crippen molar-refractivity contribution in [3.05, 3.63) is 100 Å². The molecular weight excluding hydrogens is 480 g/mol. The minimum Gasteiger partial charge on any atom is -0.390 e. The van der Waals surface area contributed by atoms with Crippen LogP contribution in [0.3, 0.4) is 0 Å². The Labute approximate surface area is 226 Å². The summed E-state index contributed by atoms with van der Waals surface area (Å²) in [5, 5.41) is 14.0. The van der Waals surface area contributed by atoms with E-state index in [0.717, 1.165) is 55.2 Å². The minimum atomic E-state index is -0.601. The Morgan fingerprint density at radius 3 is 2.32 bits per heavy atom. The molecule has 0 radical (unpaired) electrons. The molecule has 2 aliphatic rings. The Morgan fingerprint density at radius 2 is 1.73 bits per heavy atom. The first-order valence-corrected chi connectivity index (χ1v) is 13.1. The summed E-state index contributed by atoms with van der Waals surface area (Å²) in [5.41, 5.74) is 4.31. The summed E-state index contributed by atoms with van der Waals surface area (Å²) in [7, 11) is 0. The lowest BCUT2D eigenvalue weighted by Gasteiger charge is -2.37. The van der Waals surface area contributed by atoms with Gasteiger partial charge in [0.25, 0.3) is 5.91 Å². The molecule has 194 valence electrons. The van der Waals surface area contributed by atoms with Gasteiger partial charge in [-0.3, -0.25) is 9.69 Å². The fourth-order valence-electron chi connectivity index (χ4n) is 4.61. The number of allylic oxidation sites excluding steroid dienone is 5. The fraction of sp³-hybridized carbons (Fsp3) is 0.344. The van der Waals surface area contributed by atoms with Crippen molar-refractivity contribution >= 4 is 23.1 Å². The van der Waals surface area contributed by atoms with Crippen LogP contribution >= 0.6 is 11.6 Å². The van der Waals surface area contributed by atoms with Gasteiger partial charge in [0, 0.05) is 22.8 Å². The zero-order valence-electron chi connectivity index (χ0n) is 22.0. The second-order valence-electron chi connectivity index (χ2n) is 10.1. The largest absolute Gasteiger partial charge is 0.390 e. The summed E-state index contributed by atoms with van der Waals surface area (Å²) in [5.74, 6) is 2.50. The van der Waals surface area contributed by atoms with Crippen LogP contribution in [0, 0.1) is 18.3 Å². The number of halogens is 1. The molecule has 2 N–H and O–H groups in total. The van der Waals surface area contributed by atoms with E-state index < -0.39 is 5.60 Å². The van der Waals surface area contributed by atoms with Gasteiger partial charge < -0.3 is 10.4 Å². The smallest absolute Gasteiger partial charge is 0.255 e. The van der Waals surface area contributed by atoms with Crippen molar-refractivity contribution in [2.45, 2.75) is 52.2 Å². The second kappa shape index (κ2) is 13.4. The van der Waals surface area contributed by atoms with Gasteiger partial charge in [0.1, 0.15) is 0 Å². The van der Waals surface area contributed by atoms with Gasteiger partial charge in [0.05, 0.1) is 5.60 Å². The summed E-state index contributed by atoms with van der Waals surface area (Å²) in [4.78, 5) is 15.2. The molecule has 0 saturated carbocycles. The van der Waals surface area contributed by atoms with E-state index in [-0.39, 0.29) is 5.91 Å². The zero-order chi connectivity index (χ0) is 26.8. The number of hydrogen-bond donors (Lipinski definition) is 2. The number of benzene rings is 2. The molecule has 1 aliphatic carbocycles. The van der Waals surface area contributed by atoms with Gasteiger partial charge in [-0.1, -0.05) is 48.0 Å². The van der Waals surface area contributed by atoms with Gasteiger partial charge in [-0.25, -0.2) is 0 Å². The lowest BCUT2D eigenvalue weighted by atomic mass is 9.83. The van der Waals surface area contributed by atoms with E-state index in [1.165, 1.54) is 11.1 Å². The van der Waals surface area contributed by atoms with Crippen LogP contribution in [0.15, 0.2) is 78.5 Å². The number of carbonyl (C=O) groups is 1. The lowest BCUT2D eigenvalue weighted by molar-refractivity contribution is -0.0136. The van der Waals surface area contributed by atoms with Crippen molar-refractivity contribution in [1.82, 2.24) is 10.2 Å². The monoisotopic (exact) mass is 516 g/mol.